The molecule has 0 spiro atoms. The Hall–Kier alpha value is -1.23. The fourth-order valence-electron chi connectivity index (χ4n) is 1.44. The predicted molar refractivity (Wildman–Crippen MR) is 63.0 cm³/mol. The quantitative estimate of drug-likeness (QED) is 0.787. The number of halogens is 1. The number of hydrogen-bond donors (Lipinski definition) is 0. The van der Waals surface area contributed by atoms with Crippen LogP contribution in [-0.4, -0.2) is 20.0 Å². The fourth-order valence-corrected chi connectivity index (χ4v) is 2.84. The molecular weight excluding hydrogens is 243 g/mol. The Bertz CT molecular complexity index is 494. The van der Waals surface area contributed by atoms with Gasteiger partial charge < -0.3 is 0 Å². The maximum atomic E-state index is 13.3. The van der Waals surface area contributed by atoms with Crippen LogP contribution < -0.4 is 0 Å². The van der Waals surface area contributed by atoms with Crippen LogP contribution in [-0.2, 0) is 14.6 Å². The standard InChI is InChI=1S/C12H15FO3S/c1-2-10(14)6-5-9-17(15,16)12-8-4-3-7-11(12)13/h3-4,7-8H,2,5-6,9H2,1H3. The summed E-state index contributed by atoms with van der Waals surface area (Å²) in [7, 11) is -3.62. The largest absolute Gasteiger partial charge is 0.300 e. The lowest BCUT2D eigenvalue weighted by Gasteiger charge is -2.04. The summed E-state index contributed by atoms with van der Waals surface area (Å²) in [5.41, 5.74) is 0. The Kier molecular flexibility index (Phi) is 4.81. The molecule has 0 amide bonds. The van der Waals surface area contributed by atoms with Crippen molar-refractivity contribution in [1.29, 1.82) is 0 Å². The van der Waals surface area contributed by atoms with Gasteiger partial charge >= 0.3 is 0 Å². The molecule has 0 atom stereocenters. The van der Waals surface area contributed by atoms with E-state index in [2.05, 4.69) is 0 Å². The van der Waals surface area contributed by atoms with Gasteiger partial charge in [-0.2, -0.15) is 0 Å². The number of sulfone groups is 1. The lowest BCUT2D eigenvalue weighted by molar-refractivity contribution is -0.118. The molecule has 0 heterocycles. The van der Waals surface area contributed by atoms with Crippen molar-refractivity contribution in [1.82, 2.24) is 0 Å². The van der Waals surface area contributed by atoms with Gasteiger partial charge in [0, 0.05) is 12.8 Å². The molecule has 0 bridgehead atoms. The topological polar surface area (TPSA) is 51.2 Å². The second-order valence-corrected chi connectivity index (χ2v) is 5.82. The normalized spacial score (nSPS) is 11.4. The van der Waals surface area contributed by atoms with Crippen LogP contribution in [0.25, 0.3) is 0 Å². The van der Waals surface area contributed by atoms with Crippen molar-refractivity contribution < 1.29 is 17.6 Å². The third kappa shape index (κ3) is 3.93. The van der Waals surface area contributed by atoms with E-state index in [4.69, 9.17) is 0 Å². The Balaban J connectivity index is 2.70. The van der Waals surface area contributed by atoms with Crippen LogP contribution in [0.5, 0.6) is 0 Å². The Morgan fingerprint density at radius 2 is 1.94 bits per heavy atom. The summed E-state index contributed by atoms with van der Waals surface area (Å²) in [6.45, 7) is 1.73. The highest BCUT2D eigenvalue weighted by Crippen LogP contribution is 2.16. The van der Waals surface area contributed by atoms with Crippen molar-refractivity contribution in [2.24, 2.45) is 0 Å². The second kappa shape index (κ2) is 5.91. The van der Waals surface area contributed by atoms with E-state index in [1.165, 1.54) is 18.2 Å². The number of carbonyl (C=O) groups excluding carboxylic acids is 1. The zero-order chi connectivity index (χ0) is 12.9. The summed E-state index contributed by atoms with van der Waals surface area (Å²) >= 11 is 0. The molecule has 94 valence electrons. The molecule has 1 aromatic rings. The minimum Gasteiger partial charge on any atom is -0.300 e. The van der Waals surface area contributed by atoms with Gasteiger partial charge in [0.25, 0.3) is 0 Å². The first-order chi connectivity index (χ1) is 7.97. The SMILES string of the molecule is CCC(=O)CCCS(=O)(=O)c1ccccc1F. The van der Waals surface area contributed by atoms with Gasteiger partial charge in [-0.15, -0.1) is 0 Å². The highest BCUT2D eigenvalue weighted by atomic mass is 32.2. The number of ketones is 1. The van der Waals surface area contributed by atoms with E-state index in [0.29, 0.717) is 6.42 Å². The first kappa shape index (κ1) is 13.8. The molecule has 0 N–H and O–H groups in total. The van der Waals surface area contributed by atoms with Crippen molar-refractivity contribution in [3.63, 3.8) is 0 Å². The summed E-state index contributed by atoms with van der Waals surface area (Å²) < 4.78 is 36.8. The average Bonchev–Trinajstić information content (AvgIpc) is 2.28. The lowest BCUT2D eigenvalue weighted by atomic mass is 10.2. The monoisotopic (exact) mass is 258 g/mol. The third-order valence-electron chi connectivity index (χ3n) is 2.43. The van der Waals surface area contributed by atoms with E-state index in [-0.39, 0.29) is 29.3 Å². The van der Waals surface area contributed by atoms with Gasteiger partial charge in [-0.25, -0.2) is 12.8 Å². The molecule has 0 radical (unpaired) electrons. The van der Waals surface area contributed by atoms with Crippen LogP contribution in [0.2, 0.25) is 0 Å². The second-order valence-electron chi connectivity index (χ2n) is 3.75. The zero-order valence-corrected chi connectivity index (χ0v) is 10.5. The van der Waals surface area contributed by atoms with E-state index < -0.39 is 15.7 Å². The van der Waals surface area contributed by atoms with Gasteiger partial charge in [-0.05, 0) is 18.6 Å². The maximum Gasteiger partial charge on any atom is 0.181 e. The van der Waals surface area contributed by atoms with Gasteiger partial charge in [-0.1, -0.05) is 19.1 Å². The minimum atomic E-state index is -3.62. The van der Waals surface area contributed by atoms with Gasteiger partial charge in [0.2, 0.25) is 0 Å². The number of benzene rings is 1. The molecule has 0 fully saturated rings. The molecule has 0 aliphatic rings. The van der Waals surface area contributed by atoms with Crippen LogP contribution >= 0.6 is 0 Å². The van der Waals surface area contributed by atoms with E-state index in [1.54, 1.807) is 6.92 Å². The van der Waals surface area contributed by atoms with Crippen LogP contribution in [0.4, 0.5) is 4.39 Å². The Labute approximate surface area is 101 Å². The molecule has 1 rings (SSSR count). The first-order valence-corrected chi connectivity index (χ1v) is 7.11. The number of carbonyl (C=O) groups is 1. The van der Waals surface area contributed by atoms with Gasteiger partial charge in [0.1, 0.15) is 16.5 Å². The molecule has 1 aromatic carbocycles. The zero-order valence-electron chi connectivity index (χ0n) is 9.65. The summed E-state index contributed by atoms with van der Waals surface area (Å²) in [5, 5.41) is 0. The van der Waals surface area contributed by atoms with Crippen molar-refractivity contribution >= 4 is 15.6 Å². The molecule has 0 saturated heterocycles. The smallest absolute Gasteiger partial charge is 0.181 e. The number of Topliss-reactive ketones (excluding diaryl/α,β-unsaturated/α-hetero) is 1. The van der Waals surface area contributed by atoms with Crippen LogP contribution in [0.1, 0.15) is 26.2 Å². The molecule has 0 saturated carbocycles. The molecular formula is C12H15FO3S. The number of rotatable bonds is 6. The lowest BCUT2D eigenvalue weighted by Crippen LogP contribution is -2.10. The summed E-state index contributed by atoms with van der Waals surface area (Å²) in [4.78, 5) is 10.7. The molecule has 0 aromatic heterocycles. The molecule has 17 heavy (non-hydrogen) atoms. The summed E-state index contributed by atoms with van der Waals surface area (Å²) in [5.74, 6) is -0.914. The molecule has 3 nitrogen and oxygen atoms in total. The van der Waals surface area contributed by atoms with E-state index in [9.17, 15) is 17.6 Å². The van der Waals surface area contributed by atoms with E-state index in [1.807, 2.05) is 0 Å². The van der Waals surface area contributed by atoms with E-state index in [0.717, 1.165) is 6.07 Å². The minimum absolute atomic E-state index is 0.0220. The molecule has 0 aliphatic heterocycles. The summed E-state index contributed by atoms with van der Waals surface area (Å²) in [6.07, 6.45) is 0.868. The van der Waals surface area contributed by atoms with E-state index >= 15 is 0 Å². The third-order valence-corrected chi connectivity index (χ3v) is 4.26. The fraction of sp³-hybridized carbons (Fsp3) is 0.417. The van der Waals surface area contributed by atoms with Crippen LogP contribution in [0.15, 0.2) is 29.2 Å². The van der Waals surface area contributed by atoms with Gasteiger partial charge in [0.05, 0.1) is 5.75 Å². The Morgan fingerprint density at radius 1 is 1.29 bits per heavy atom. The summed E-state index contributed by atoms with van der Waals surface area (Å²) in [6, 6.07) is 5.28. The van der Waals surface area contributed by atoms with Crippen LogP contribution in [0.3, 0.4) is 0 Å². The van der Waals surface area contributed by atoms with Gasteiger partial charge in [0.15, 0.2) is 9.84 Å². The highest BCUT2D eigenvalue weighted by Gasteiger charge is 2.18. The van der Waals surface area contributed by atoms with Crippen molar-refractivity contribution in [3.05, 3.63) is 30.1 Å². The molecule has 5 heteroatoms. The van der Waals surface area contributed by atoms with Crippen molar-refractivity contribution in [2.75, 3.05) is 5.75 Å². The Morgan fingerprint density at radius 3 is 2.53 bits per heavy atom. The predicted octanol–water partition coefficient (Wildman–Crippen LogP) is 2.36. The number of hydrogen-bond acceptors (Lipinski definition) is 3. The van der Waals surface area contributed by atoms with Gasteiger partial charge in [-0.3, -0.25) is 4.79 Å². The highest BCUT2D eigenvalue weighted by molar-refractivity contribution is 7.91. The van der Waals surface area contributed by atoms with Crippen molar-refractivity contribution in [3.8, 4) is 0 Å². The first-order valence-electron chi connectivity index (χ1n) is 5.46. The van der Waals surface area contributed by atoms with Crippen molar-refractivity contribution in [2.45, 2.75) is 31.1 Å². The molecule has 0 unspecified atom stereocenters. The molecule has 0 aliphatic carbocycles. The average molecular weight is 258 g/mol. The maximum absolute atomic E-state index is 13.3. The van der Waals surface area contributed by atoms with Crippen LogP contribution in [0, 0.1) is 5.82 Å².